The number of carbonyl (C=O) groups excluding carboxylic acids is 1. The number of nitrogens with zero attached hydrogens (tertiary/aromatic N) is 2. The summed E-state index contributed by atoms with van der Waals surface area (Å²) in [5.74, 6) is 0.125. The molecule has 0 saturated heterocycles. The van der Waals surface area contributed by atoms with Crippen molar-refractivity contribution in [3.63, 3.8) is 0 Å². The molecule has 1 aromatic heterocycles. The summed E-state index contributed by atoms with van der Waals surface area (Å²) in [5, 5.41) is 6.79. The zero-order valence-electron chi connectivity index (χ0n) is 18.5. The maximum atomic E-state index is 13.4. The van der Waals surface area contributed by atoms with Gasteiger partial charge in [-0.2, -0.15) is 18.3 Å². The van der Waals surface area contributed by atoms with E-state index in [1.165, 1.54) is 19.2 Å². The fourth-order valence-corrected chi connectivity index (χ4v) is 4.28. The van der Waals surface area contributed by atoms with Crippen molar-refractivity contribution < 1.29 is 22.7 Å². The second-order valence-corrected chi connectivity index (χ2v) is 8.81. The Hall–Kier alpha value is -3.20. The lowest BCUT2D eigenvalue weighted by Gasteiger charge is -2.12. The number of amides is 1. The predicted octanol–water partition coefficient (Wildman–Crippen LogP) is 7.46. The van der Waals surface area contributed by atoms with E-state index in [4.69, 9.17) is 39.5 Å². The normalized spacial score (nSPS) is 11.4. The molecule has 4 aromatic rings. The number of alkyl halides is 3. The highest BCUT2D eigenvalue weighted by atomic mass is 35.5. The van der Waals surface area contributed by atoms with Gasteiger partial charge in [0.15, 0.2) is 5.69 Å². The number of nitrogens with one attached hydrogen (secondary N) is 1. The number of hydrogen-bond acceptors (Lipinski definition) is 3. The summed E-state index contributed by atoms with van der Waals surface area (Å²) in [7, 11) is 1.52. The van der Waals surface area contributed by atoms with Crippen LogP contribution in [-0.4, -0.2) is 22.7 Å². The summed E-state index contributed by atoms with van der Waals surface area (Å²) in [5.41, 5.74) is 1.08. The van der Waals surface area contributed by atoms with Gasteiger partial charge in [0.2, 0.25) is 0 Å². The predicted molar refractivity (Wildman–Crippen MR) is 133 cm³/mol. The van der Waals surface area contributed by atoms with Crippen LogP contribution < -0.4 is 10.1 Å². The van der Waals surface area contributed by atoms with Crippen LogP contribution in [0.4, 0.5) is 13.2 Å². The van der Waals surface area contributed by atoms with Gasteiger partial charge in [-0.25, -0.2) is 4.68 Å². The van der Waals surface area contributed by atoms with Gasteiger partial charge in [0.1, 0.15) is 18.0 Å². The summed E-state index contributed by atoms with van der Waals surface area (Å²) >= 11 is 18.6. The highest BCUT2D eigenvalue weighted by molar-refractivity contribution is 6.37. The maximum absolute atomic E-state index is 13.4. The van der Waals surface area contributed by atoms with E-state index in [1.54, 1.807) is 48.5 Å². The molecule has 5 nitrogen and oxygen atoms in total. The molecule has 0 bridgehead atoms. The van der Waals surface area contributed by atoms with Crippen molar-refractivity contribution >= 4 is 40.7 Å². The van der Waals surface area contributed by atoms with Crippen molar-refractivity contribution in [2.24, 2.45) is 0 Å². The number of carbonyl (C=O) groups is 1. The molecule has 1 N–H and O–H groups in total. The Morgan fingerprint density at radius 1 is 0.944 bits per heavy atom. The molecular weight excluding hydrogens is 538 g/mol. The van der Waals surface area contributed by atoms with Gasteiger partial charge < -0.3 is 10.1 Å². The van der Waals surface area contributed by atoms with Crippen molar-refractivity contribution in [1.82, 2.24) is 15.1 Å². The summed E-state index contributed by atoms with van der Waals surface area (Å²) in [4.78, 5) is 11.8. The van der Waals surface area contributed by atoms with Crippen molar-refractivity contribution in [3.8, 4) is 22.6 Å². The van der Waals surface area contributed by atoms with Crippen molar-refractivity contribution in [1.29, 1.82) is 0 Å². The molecule has 0 radical (unpaired) electrons. The van der Waals surface area contributed by atoms with Crippen molar-refractivity contribution in [2.75, 3.05) is 7.05 Å². The zero-order chi connectivity index (χ0) is 26.0. The Bertz CT molecular complexity index is 1400. The molecule has 0 aliphatic carbocycles. The highest BCUT2D eigenvalue weighted by Crippen LogP contribution is 2.34. The third-order valence-corrected chi connectivity index (χ3v) is 6.16. The van der Waals surface area contributed by atoms with E-state index in [0.29, 0.717) is 16.3 Å². The molecule has 11 heteroatoms. The van der Waals surface area contributed by atoms with Crippen LogP contribution in [0.2, 0.25) is 15.1 Å². The smallest absolute Gasteiger partial charge is 0.435 e. The minimum atomic E-state index is -4.66. The monoisotopic (exact) mass is 553 g/mol. The topological polar surface area (TPSA) is 56.1 Å². The number of ether oxygens (including phenoxy) is 1. The van der Waals surface area contributed by atoms with Crippen LogP contribution in [0.25, 0.3) is 16.8 Å². The summed E-state index contributed by atoms with van der Waals surface area (Å²) in [6, 6.07) is 17.4. The van der Waals surface area contributed by atoms with Gasteiger partial charge in [0, 0.05) is 7.05 Å². The minimum absolute atomic E-state index is 0.109. The van der Waals surface area contributed by atoms with Gasteiger partial charge >= 0.3 is 6.18 Å². The molecule has 0 atom stereocenters. The molecule has 0 saturated carbocycles. The molecule has 186 valence electrons. The Balaban J connectivity index is 1.57. The number of aromatic nitrogens is 2. The largest absolute Gasteiger partial charge is 0.487 e. The standard InChI is InChI=1S/C25H17Cl3F3N3O2/c1-32-24(35)18-10-7-15(11-21(18)28)14-5-8-17(9-6-14)36-13-16-12-22(25(29,30)31)33-34(16)23-19(26)3-2-4-20(23)27/h2-12H,13H2,1H3,(H,32,35). The van der Waals surface area contributed by atoms with E-state index in [9.17, 15) is 18.0 Å². The second kappa shape index (κ2) is 10.4. The molecule has 1 heterocycles. The van der Waals surface area contributed by atoms with Gasteiger partial charge in [-0.3, -0.25) is 4.79 Å². The molecular formula is C25H17Cl3F3N3O2. The molecule has 4 rings (SSSR count). The average molecular weight is 555 g/mol. The van der Waals surface area contributed by atoms with Gasteiger partial charge in [0.05, 0.1) is 26.3 Å². The highest BCUT2D eigenvalue weighted by Gasteiger charge is 2.35. The van der Waals surface area contributed by atoms with Crippen LogP contribution >= 0.6 is 34.8 Å². The third kappa shape index (κ3) is 5.46. The van der Waals surface area contributed by atoms with E-state index >= 15 is 0 Å². The molecule has 1 amide bonds. The molecule has 3 aromatic carbocycles. The van der Waals surface area contributed by atoms with E-state index in [2.05, 4.69) is 10.4 Å². The van der Waals surface area contributed by atoms with Crippen LogP contribution in [0.15, 0.2) is 66.7 Å². The molecule has 0 spiro atoms. The van der Waals surface area contributed by atoms with Crippen LogP contribution in [-0.2, 0) is 12.8 Å². The first kappa shape index (κ1) is 25.9. The van der Waals surface area contributed by atoms with E-state index in [1.807, 2.05) is 0 Å². The number of rotatable bonds is 6. The van der Waals surface area contributed by atoms with Gasteiger partial charge in [-0.15, -0.1) is 0 Å². The first-order chi connectivity index (χ1) is 17.1. The Labute approximate surface area is 219 Å². The molecule has 0 unspecified atom stereocenters. The second-order valence-electron chi connectivity index (χ2n) is 7.59. The SMILES string of the molecule is CNC(=O)c1ccc(-c2ccc(OCc3cc(C(F)(F)F)nn3-c3c(Cl)cccc3Cl)cc2)cc1Cl. The summed E-state index contributed by atoms with van der Waals surface area (Å²) < 4.78 is 46.9. The number of benzene rings is 3. The zero-order valence-corrected chi connectivity index (χ0v) is 20.8. The van der Waals surface area contributed by atoms with E-state index in [-0.39, 0.29) is 33.9 Å². The van der Waals surface area contributed by atoms with Crippen molar-refractivity contribution in [3.05, 3.63) is 98.7 Å². The quantitative estimate of drug-likeness (QED) is 0.269. The van der Waals surface area contributed by atoms with Crippen LogP contribution in [0.3, 0.4) is 0 Å². The first-order valence-corrected chi connectivity index (χ1v) is 11.6. The van der Waals surface area contributed by atoms with Gasteiger partial charge in [-0.1, -0.05) is 59.1 Å². The Kier molecular flexibility index (Phi) is 7.49. The number of hydrogen-bond donors (Lipinski definition) is 1. The van der Waals surface area contributed by atoms with Crippen LogP contribution in [0, 0.1) is 0 Å². The summed E-state index contributed by atoms with van der Waals surface area (Å²) in [6.07, 6.45) is -4.66. The lowest BCUT2D eigenvalue weighted by atomic mass is 10.0. The lowest BCUT2D eigenvalue weighted by Crippen LogP contribution is -2.18. The minimum Gasteiger partial charge on any atom is -0.487 e. The molecule has 0 aliphatic rings. The molecule has 36 heavy (non-hydrogen) atoms. The first-order valence-electron chi connectivity index (χ1n) is 10.4. The van der Waals surface area contributed by atoms with E-state index in [0.717, 1.165) is 21.9 Å². The number of halogens is 6. The van der Waals surface area contributed by atoms with Crippen LogP contribution in [0.5, 0.6) is 5.75 Å². The fourth-order valence-electron chi connectivity index (χ4n) is 3.46. The molecule has 0 aliphatic heterocycles. The lowest BCUT2D eigenvalue weighted by molar-refractivity contribution is -0.141. The van der Waals surface area contributed by atoms with Crippen LogP contribution in [0.1, 0.15) is 21.7 Å². The third-order valence-electron chi connectivity index (χ3n) is 5.24. The van der Waals surface area contributed by atoms with Crippen molar-refractivity contribution in [2.45, 2.75) is 12.8 Å². The molecule has 0 fully saturated rings. The maximum Gasteiger partial charge on any atom is 0.435 e. The summed E-state index contributed by atoms with van der Waals surface area (Å²) in [6.45, 7) is -0.226. The average Bonchev–Trinajstić information content (AvgIpc) is 3.27. The number of para-hydroxylation sites is 1. The van der Waals surface area contributed by atoms with Gasteiger partial charge in [-0.05, 0) is 53.6 Å². The fraction of sp³-hybridized carbons (Fsp3) is 0.120. The Morgan fingerprint density at radius 3 is 2.17 bits per heavy atom. The van der Waals surface area contributed by atoms with E-state index < -0.39 is 11.9 Å². The Morgan fingerprint density at radius 2 is 1.58 bits per heavy atom. The van der Waals surface area contributed by atoms with Gasteiger partial charge in [0.25, 0.3) is 5.91 Å².